The molecule has 84 valence electrons. The fourth-order valence-corrected chi connectivity index (χ4v) is 1.79. The molecule has 0 unspecified atom stereocenters. The Morgan fingerprint density at radius 2 is 2.06 bits per heavy atom. The number of Topliss-reactive ketones (excluding diaryl/α,β-unsaturated/α-hetero) is 1. The van der Waals surface area contributed by atoms with Crippen LogP contribution in [0.2, 0.25) is 10.0 Å². The van der Waals surface area contributed by atoms with Crippen LogP contribution in [-0.4, -0.2) is 12.4 Å². The maximum absolute atomic E-state index is 12.0. The zero-order valence-corrected chi connectivity index (χ0v) is 10.0. The van der Waals surface area contributed by atoms with E-state index in [1.165, 1.54) is 0 Å². The molecule has 4 heteroatoms. The topological polar surface area (TPSA) is 26.3 Å². The molecule has 0 aromatic heterocycles. The van der Waals surface area contributed by atoms with Gasteiger partial charge in [0.25, 0.3) is 0 Å². The van der Waals surface area contributed by atoms with E-state index in [9.17, 15) is 4.79 Å². The number of allylic oxidation sites excluding steroid dienone is 2. The van der Waals surface area contributed by atoms with Gasteiger partial charge in [0, 0.05) is 5.56 Å². The first-order valence-electron chi connectivity index (χ1n) is 5.01. The van der Waals surface area contributed by atoms with E-state index in [2.05, 4.69) is 0 Å². The number of benzene rings is 1. The van der Waals surface area contributed by atoms with Crippen LogP contribution in [0.25, 0.3) is 0 Å². The second-order valence-corrected chi connectivity index (χ2v) is 4.33. The second kappa shape index (κ2) is 4.89. The van der Waals surface area contributed by atoms with E-state index in [0.29, 0.717) is 28.0 Å². The number of ether oxygens (including phenoxy) is 1. The maximum Gasteiger partial charge on any atom is 0.227 e. The molecule has 0 saturated carbocycles. The van der Waals surface area contributed by atoms with E-state index < -0.39 is 0 Å². The lowest BCUT2D eigenvalue weighted by atomic mass is 10.1. The van der Waals surface area contributed by atoms with Gasteiger partial charge in [0.1, 0.15) is 0 Å². The van der Waals surface area contributed by atoms with Crippen molar-refractivity contribution in [3.05, 3.63) is 45.6 Å². The Labute approximate surface area is 104 Å². The molecule has 0 spiro atoms. The van der Waals surface area contributed by atoms with E-state index >= 15 is 0 Å². The lowest BCUT2D eigenvalue weighted by Crippen LogP contribution is -2.11. The molecule has 1 aromatic rings. The molecule has 0 saturated heterocycles. The van der Waals surface area contributed by atoms with Crippen LogP contribution in [0.3, 0.4) is 0 Å². The third-order valence-electron chi connectivity index (χ3n) is 2.34. The first-order valence-corrected chi connectivity index (χ1v) is 5.77. The fraction of sp³-hybridized carbons (Fsp3) is 0.250. The Balaban J connectivity index is 2.26. The van der Waals surface area contributed by atoms with Crippen molar-refractivity contribution in [2.75, 3.05) is 6.61 Å². The Bertz CT molecular complexity index is 452. The predicted octanol–water partition coefficient (Wildman–Crippen LogP) is 3.87. The highest BCUT2D eigenvalue weighted by molar-refractivity contribution is 6.42. The summed E-state index contributed by atoms with van der Waals surface area (Å²) >= 11 is 11.6. The third kappa shape index (κ3) is 2.39. The molecular weight excluding hydrogens is 247 g/mol. The third-order valence-corrected chi connectivity index (χ3v) is 3.08. The summed E-state index contributed by atoms with van der Waals surface area (Å²) < 4.78 is 5.30. The number of carbonyl (C=O) groups is 1. The van der Waals surface area contributed by atoms with Gasteiger partial charge in [0.15, 0.2) is 5.76 Å². The van der Waals surface area contributed by atoms with Gasteiger partial charge in [-0.15, -0.1) is 0 Å². The molecule has 1 aliphatic heterocycles. The molecule has 0 N–H and O–H groups in total. The Morgan fingerprint density at radius 1 is 1.25 bits per heavy atom. The number of ketones is 1. The van der Waals surface area contributed by atoms with E-state index in [1.54, 1.807) is 18.2 Å². The lowest BCUT2D eigenvalue weighted by Gasteiger charge is -2.13. The van der Waals surface area contributed by atoms with E-state index in [1.807, 2.05) is 6.08 Å². The average molecular weight is 257 g/mol. The summed E-state index contributed by atoms with van der Waals surface area (Å²) in [6.45, 7) is 0.596. The van der Waals surface area contributed by atoms with Gasteiger partial charge in [-0.25, -0.2) is 0 Å². The molecule has 0 bridgehead atoms. The van der Waals surface area contributed by atoms with Crippen molar-refractivity contribution in [3.8, 4) is 0 Å². The summed E-state index contributed by atoms with van der Waals surface area (Å²) in [6.07, 6.45) is 3.65. The zero-order chi connectivity index (χ0) is 11.5. The lowest BCUT2D eigenvalue weighted by molar-refractivity contribution is 0.0899. The van der Waals surface area contributed by atoms with Crippen LogP contribution in [0, 0.1) is 0 Å². The molecule has 0 fully saturated rings. The molecule has 2 rings (SSSR count). The maximum atomic E-state index is 12.0. The van der Waals surface area contributed by atoms with Crippen molar-refractivity contribution in [2.24, 2.45) is 0 Å². The van der Waals surface area contributed by atoms with E-state index in [-0.39, 0.29) is 5.78 Å². The normalized spacial score (nSPS) is 15.2. The summed E-state index contributed by atoms with van der Waals surface area (Å²) in [5.74, 6) is 0.267. The highest BCUT2D eigenvalue weighted by atomic mass is 35.5. The Kier molecular flexibility index (Phi) is 3.52. The van der Waals surface area contributed by atoms with Gasteiger partial charge in [-0.05, 0) is 37.1 Å². The largest absolute Gasteiger partial charge is 0.490 e. The minimum atomic E-state index is -0.140. The predicted molar refractivity (Wildman–Crippen MR) is 64.1 cm³/mol. The Hall–Kier alpha value is -0.990. The highest BCUT2D eigenvalue weighted by Crippen LogP contribution is 2.24. The first-order chi connectivity index (χ1) is 7.68. The zero-order valence-electron chi connectivity index (χ0n) is 8.50. The van der Waals surface area contributed by atoms with Crippen molar-refractivity contribution < 1.29 is 9.53 Å². The number of carbonyl (C=O) groups excluding carboxylic acids is 1. The van der Waals surface area contributed by atoms with Gasteiger partial charge in [-0.2, -0.15) is 0 Å². The van der Waals surface area contributed by atoms with Gasteiger partial charge < -0.3 is 4.74 Å². The van der Waals surface area contributed by atoms with Gasteiger partial charge in [0.2, 0.25) is 5.78 Å². The molecule has 1 aliphatic rings. The smallest absolute Gasteiger partial charge is 0.227 e. The summed E-state index contributed by atoms with van der Waals surface area (Å²) in [6, 6.07) is 4.82. The van der Waals surface area contributed by atoms with Crippen LogP contribution in [-0.2, 0) is 4.74 Å². The molecule has 0 amide bonds. The van der Waals surface area contributed by atoms with Gasteiger partial charge in [0.05, 0.1) is 16.7 Å². The number of hydrogen-bond acceptors (Lipinski definition) is 2. The van der Waals surface area contributed by atoms with Crippen molar-refractivity contribution in [1.82, 2.24) is 0 Å². The second-order valence-electron chi connectivity index (χ2n) is 3.52. The van der Waals surface area contributed by atoms with Crippen LogP contribution >= 0.6 is 23.2 Å². The van der Waals surface area contributed by atoms with Crippen LogP contribution < -0.4 is 0 Å². The van der Waals surface area contributed by atoms with Crippen LogP contribution in [0.5, 0.6) is 0 Å². The minimum Gasteiger partial charge on any atom is -0.490 e. The van der Waals surface area contributed by atoms with Crippen molar-refractivity contribution >= 4 is 29.0 Å². The molecule has 0 aliphatic carbocycles. The SMILES string of the molecule is O=C(C1=CCCCO1)c1ccc(Cl)c(Cl)c1. The molecule has 2 nitrogen and oxygen atoms in total. The van der Waals surface area contributed by atoms with Crippen LogP contribution in [0.4, 0.5) is 0 Å². The number of hydrogen-bond donors (Lipinski definition) is 0. The average Bonchev–Trinajstić information content (AvgIpc) is 2.33. The van der Waals surface area contributed by atoms with Crippen molar-refractivity contribution in [2.45, 2.75) is 12.8 Å². The molecule has 1 heterocycles. The minimum absolute atomic E-state index is 0.140. The van der Waals surface area contributed by atoms with Crippen molar-refractivity contribution in [1.29, 1.82) is 0 Å². The summed E-state index contributed by atoms with van der Waals surface area (Å²) in [4.78, 5) is 12.0. The highest BCUT2D eigenvalue weighted by Gasteiger charge is 2.16. The number of halogens is 2. The van der Waals surface area contributed by atoms with Crippen LogP contribution in [0.15, 0.2) is 30.0 Å². The van der Waals surface area contributed by atoms with Crippen LogP contribution in [0.1, 0.15) is 23.2 Å². The summed E-state index contributed by atoms with van der Waals surface area (Å²) in [5.41, 5.74) is 0.502. The fourth-order valence-electron chi connectivity index (χ4n) is 1.50. The molecular formula is C12H10Cl2O2. The summed E-state index contributed by atoms with van der Waals surface area (Å²) in [7, 11) is 0. The monoisotopic (exact) mass is 256 g/mol. The standard InChI is InChI=1S/C12H10Cl2O2/c13-9-5-4-8(7-10(9)14)12(15)11-3-1-2-6-16-11/h3-5,7H,1-2,6H2. The van der Waals surface area contributed by atoms with Gasteiger partial charge in [-0.3, -0.25) is 4.79 Å². The summed E-state index contributed by atoms with van der Waals surface area (Å²) in [5, 5.41) is 0.820. The first kappa shape index (κ1) is 11.5. The Morgan fingerprint density at radius 3 is 2.69 bits per heavy atom. The van der Waals surface area contributed by atoms with E-state index in [4.69, 9.17) is 27.9 Å². The van der Waals surface area contributed by atoms with E-state index in [0.717, 1.165) is 12.8 Å². The van der Waals surface area contributed by atoms with Gasteiger partial charge in [-0.1, -0.05) is 23.2 Å². The van der Waals surface area contributed by atoms with Gasteiger partial charge >= 0.3 is 0 Å². The van der Waals surface area contributed by atoms with Crippen molar-refractivity contribution in [3.63, 3.8) is 0 Å². The molecule has 1 aromatic carbocycles. The quantitative estimate of drug-likeness (QED) is 0.751. The molecule has 0 atom stereocenters. The molecule has 0 radical (unpaired) electrons. The molecule has 16 heavy (non-hydrogen) atoms. The number of rotatable bonds is 2.